The maximum atomic E-state index is 6.32. The molecule has 0 radical (unpaired) electrons. The van der Waals surface area contributed by atoms with Crippen molar-refractivity contribution in [1.82, 2.24) is 4.90 Å². The average Bonchev–Trinajstić information content (AvgIpc) is 3.05. The smallest absolute Gasteiger partial charge is 0.0346 e. The summed E-state index contributed by atoms with van der Waals surface area (Å²) in [5, 5.41) is 3.78. The minimum absolute atomic E-state index is 0.443. The Bertz CT molecular complexity index is 606. The van der Waals surface area contributed by atoms with Crippen molar-refractivity contribution in [2.24, 2.45) is 17.6 Å². The van der Waals surface area contributed by atoms with E-state index in [1.807, 2.05) is 11.3 Å². The van der Waals surface area contributed by atoms with E-state index in [9.17, 15) is 0 Å². The summed E-state index contributed by atoms with van der Waals surface area (Å²) in [5.41, 5.74) is 7.82. The highest BCUT2D eigenvalue weighted by Crippen LogP contribution is 2.37. The van der Waals surface area contributed by atoms with Crippen LogP contribution < -0.4 is 5.73 Å². The molecule has 3 heteroatoms. The van der Waals surface area contributed by atoms with Gasteiger partial charge in [0.2, 0.25) is 0 Å². The molecule has 2 N–H and O–H groups in total. The lowest BCUT2D eigenvalue weighted by Crippen LogP contribution is -2.38. The van der Waals surface area contributed by atoms with E-state index in [0.29, 0.717) is 6.04 Å². The van der Waals surface area contributed by atoms with Crippen molar-refractivity contribution in [2.45, 2.75) is 31.8 Å². The van der Waals surface area contributed by atoms with Crippen LogP contribution in [0.25, 0.3) is 10.1 Å². The molecule has 0 bridgehead atoms. The summed E-state index contributed by atoms with van der Waals surface area (Å²) in [4.78, 5) is 2.63. The molecule has 1 aromatic carbocycles. The molecule has 2 nitrogen and oxygen atoms in total. The van der Waals surface area contributed by atoms with Gasteiger partial charge in [-0.3, -0.25) is 4.90 Å². The molecular weight excluding hydrogens is 264 g/mol. The van der Waals surface area contributed by atoms with E-state index < -0.39 is 0 Å². The molecule has 4 rings (SSSR count). The van der Waals surface area contributed by atoms with Gasteiger partial charge in [0.15, 0.2) is 0 Å². The Morgan fingerprint density at radius 3 is 3.00 bits per heavy atom. The second-order valence-corrected chi connectivity index (χ2v) is 7.38. The summed E-state index contributed by atoms with van der Waals surface area (Å²) in [5.74, 6) is 1.59. The number of hydrogen-bond acceptors (Lipinski definition) is 3. The first-order valence-corrected chi connectivity index (χ1v) is 8.62. The van der Waals surface area contributed by atoms with Gasteiger partial charge >= 0.3 is 0 Å². The summed E-state index contributed by atoms with van der Waals surface area (Å²) >= 11 is 1.87. The van der Waals surface area contributed by atoms with Crippen molar-refractivity contribution >= 4 is 21.4 Å². The van der Waals surface area contributed by atoms with E-state index in [2.05, 4.69) is 34.5 Å². The zero-order valence-electron chi connectivity index (χ0n) is 11.8. The van der Waals surface area contributed by atoms with Crippen LogP contribution in [-0.4, -0.2) is 24.0 Å². The third-order valence-corrected chi connectivity index (χ3v) is 6.20. The molecule has 3 atom stereocenters. The van der Waals surface area contributed by atoms with E-state index >= 15 is 0 Å². The van der Waals surface area contributed by atoms with Crippen molar-refractivity contribution in [3.05, 3.63) is 35.2 Å². The SMILES string of the molecule is NC1CCCC2CN(Cc3csc4ccccc34)CC12. The van der Waals surface area contributed by atoms with Gasteiger partial charge in [-0.05, 0) is 47.1 Å². The van der Waals surface area contributed by atoms with Crippen LogP contribution in [0.1, 0.15) is 24.8 Å². The Morgan fingerprint density at radius 2 is 2.10 bits per heavy atom. The number of thiophene rings is 1. The number of likely N-dealkylation sites (tertiary alicyclic amines) is 1. The van der Waals surface area contributed by atoms with E-state index in [0.717, 1.165) is 18.4 Å². The molecule has 20 heavy (non-hydrogen) atoms. The van der Waals surface area contributed by atoms with Gasteiger partial charge in [0.05, 0.1) is 0 Å². The van der Waals surface area contributed by atoms with Gasteiger partial charge in [0, 0.05) is 30.4 Å². The third kappa shape index (κ3) is 2.18. The van der Waals surface area contributed by atoms with Gasteiger partial charge in [0.1, 0.15) is 0 Å². The third-order valence-electron chi connectivity index (χ3n) is 5.18. The van der Waals surface area contributed by atoms with E-state index in [4.69, 9.17) is 5.73 Å². The highest BCUT2D eigenvalue weighted by atomic mass is 32.1. The highest BCUT2D eigenvalue weighted by molar-refractivity contribution is 7.17. The molecule has 1 saturated heterocycles. The number of hydrogen-bond donors (Lipinski definition) is 1. The van der Waals surface area contributed by atoms with Crippen LogP contribution in [0, 0.1) is 11.8 Å². The lowest BCUT2D eigenvalue weighted by Gasteiger charge is -2.29. The molecule has 1 saturated carbocycles. The Balaban J connectivity index is 1.52. The molecule has 1 aromatic heterocycles. The quantitative estimate of drug-likeness (QED) is 0.916. The number of benzene rings is 1. The molecule has 2 heterocycles. The molecule has 0 amide bonds. The highest BCUT2D eigenvalue weighted by Gasteiger charge is 2.38. The van der Waals surface area contributed by atoms with Crippen molar-refractivity contribution in [3.8, 4) is 0 Å². The summed E-state index contributed by atoms with van der Waals surface area (Å²) in [7, 11) is 0. The van der Waals surface area contributed by atoms with Gasteiger partial charge in [-0.25, -0.2) is 0 Å². The molecule has 2 aliphatic rings. The van der Waals surface area contributed by atoms with E-state index in [-0.39, 0.29) is 0 Å². The summed E-state index contributed by atoms with van der Waals surface area (Å²) in [6.45, 7) is 3.56. The van der Waals surface area contributed by atoms with Crippen LogP contribution in [0.5, 0.6) is 0 Å². The summed E-state index contributed by atoms with van der Waals surface area (Å²) in [6.07, 6.45) is 3.95. The van der Waals surface area contributed by atoms with Crippen LogP contribution in [0.2, 0.25) is 0 Å². The minimum atomic E-state index is 0.443. The predicted molar refractivity (Wildman–Crippen MR) is 85.9 cm³/mol. The summed E-state index contributed by atoms with van der Waals surface area (Å²) < 4.78 is 1.41. The second-order valence-electron chi connectivity index (χ2n) is 6.47. The topological polar surface area (TPSA) is 29.3 Å². The normalized spacial score (nSPS) is 30.8. The van der Waals surface area contributed by atoms with Crippen LogP contribution in [0.3, 0.4) is 0 Å². The van der Waals surface area contributed by atoms with Crippen LogP contribution in [0.15, 0.2) is 29.6 Å². The fourth-order valence-electron chi connectivity index (χ4n) is 4.13. The largest absolute Gasteiger partial charge is 0.327 e. The fraction of sp³-hybridized carbons (Fsp3) is 0.529. The van der Waals surface area contributed by atoms with Crippen molar-refractivity contribution in [3.63, 3.8) is 0 Å². The fourth-order valence-corrected chi connectivity index (χ4v) is 5.09. The second kappa shape index (κ2) is 5.14. The Labute approximate surface area is 124 Å². The Kier molecular flexibility index (Phi) is 3.29. The molecule has 3 unspecified atom stereocenters. The molecule has 1 aliphatic heterocycles. The molecule has 2 fully saturated rings. The van der Waals surface area contributed by atoms with Crippen LogP contribution in [0.4, 0.5) is 0 Å². The standard InChI is InChI=1S/C17H22N2S/c18-16-6-3-4-12-8-19(10-15(12)16)9-13-11-20-17-7-2-1-5-14(13)17/h1-2,5,7,11-12,15-16H,3-4,6,8-10,18H2. The van der Waals surface area contributed by atoms with Crippen molar-refractivity contribution < 1.29 is 0 Å². The van der Waals surface area contributed by atoms with Crippen LogP contribution >= 0.6 is 11.3 Å². The summed E-state index contributed by atoms with van der Waals surface area (Å²) in [6, 6.07) is 9.21. The number of fused-ring (bicyclic) bond motifs is 2. The first-order chi connectivity index (χ1) is 9.81. The lowest BCUT2D eigenvalue weighted by molar-refractivity contribution is 0.259. The monoisotopic (exact) mass is 286 g/mol. The zero-order chi connectivity index (χ0) is 13.5. The average molecular weight is 286 g/mol. The Hall–Kier alpha value is -0.900. The first kappa shape index (κ1) is 12.8. The lowest BCUT2D eigenvalue weighted by atomic mass is 9.78. The van der Waals surface area contributed by atoms with Gasteiger partial charge in [-0.1, -0.05) is 24.6 Å². The molecule has 1 aliphatic carbocycles. The van der Waals surface area contributed by atoms with Gasteiger partial charge in [0.25, 0.3) is 0 Å². The number of nitrogens with two attached hydrogens (primary N) is 1. The number of rotatable bonds is 2. The first-order valence-electron chi connectivity index (χ1n) is 7.74. The van der Waals surface area contributed by atoms with Gasteiger partial charge in [-0.15, -0.1) is 11.3 Å². The molecule has 2 aromatic rings. The minimum Gasteiger partial charge on any atom is -0.327 e. The molecular formula is C17H22N2S. The molecule has 106 valence electrons. The van der Waals surface area contributed by atoms with Crippen LogP contribution in [-0.2, 0) is 6.54 Å². The maximum absolute atomic E-state index is 6.32. The van der Waals surface area contributed by atoms with E-state index in [1.165, 1.54) is 48.0 Å². The Morgan fingerprint density at radius 1 is 1.20 bits per heavy atom. The number of nitrogens with zero attached hydrogens (tertiary/aromatic N) is 1. The zero-order valence-corrected chi connectivity index (χ0v) is 12.6. The van der Waals surface area contributed by atoms with Crippen molar-refractivity contribution in [2.75, 3.05) is 13.1 Å². The maximum Gasteiger partial charge on any atom is 0.0346 e. The predicted octanol–water partition coefficient (Wildman–Crippen LogP) is 3.46. The van der Waals surface area contributed by atoms with Gasteiger partial charge < -0.3 is 5.73 Å². The molecule has 0 spiro atoms. The van der Waals surface area contributed by atoms with Crippen molar-refractivity contribution in [1.29, 1.82) is 0 Å². The van der Waals surface area contributed by atoms with Gasteiger partial charge in [-0.2, -0.15) is 0 Å². The van der Waals surface area contributed by atoms with E-state index in [1.54, 1.807) is 0 Å².